The first-order valence-corrected chi connectivity index (χ1v) is 6.44. The predicted octanol–water partition coefficient (Wildman–Crippen LogP) is 3.08. The highest BCUT2D eigenvalue weighted by atomic mass is 35.5. The van der Waals surface area contributed by atoms with Crippen molar-refractivity contribution in [3.05, 3.63) is 18.6 Å². The lowest BCUT2D eigenvalue weighted by molar-refractivity contribution is 0.238. The Morgan fingerprint density at radius 2 is 2.12 bits per heavy atom. The van der Waals surface area contributed by atoms with Gasteiger partial charge in [0.25, 0.3) is 0 Å². The Labute approximate surface area is 102 Å². The zero-order valence-electron chi connectivity index (χ0n) is 9.45. The maximum atomic E-state index is 6.13. The number of nitrogens with one attached hydrogen (secondary N) is 1. The van der Waals surface area contributed by atoms with Gasteiger partial charge in [-0.2, -0.15) is 0 Å². The minimum absolute atomic E-state index is 0.269. The average molecular weight is 240 g/mol. The van der Waals surface area contributed by atoms with Crippen LogP contribution in [-0.2, 0) is 0 Å². The Bertz CT molecular complexity index is 309. The highest BCUT2D eigenvalue weighted by Crippen LogP contribution is 2.37. The van der Waals surface area contributed by atoms with Gasteiger partial charge in [-0.1, -0.05) is 19.3 Å². The van der Waals surface area contributed by atoms with Crippen LogP contribution in [0.1, 0.15) is 32.1 Å². The van der Waals surface area contributed by atoms with Crippen molar-refractivity contribution in [3.63, 3.8) is 0 Å². The second-order valence-electron chi connectivity index (χ2n) is 4.64. The molecule has 0 radical (unpaired) electrons. The molecule has 0 atom stereocenters. The number of hydrogen-bond acceptors (Lipinski definition) is 3. The third-order valence-corrected chi connectivity index (χ3v) is 3.99. The third kappa shape index (κ3) is 2.85. The lowest BCUT2D eigenvalue weighted by Crippen LogP contribution is -2.34. The molecule has 1 saturated carbocycles. The first-order chi connectivity index (χ1) is 7.85. The first kappa shape index (κ1) is 11.6. The summed E-state index contributed by atoms with van der Waals surface area (Å²) in [7, 11) is 0. The van der Waals surface area contributed by atoms with E-state index in [4.69, 9.17) is 11.6 Å². The van der Waals surface area contributed by atoms with Crippen LogP contribution in [-0.4, -0.2) is 22.4 Å². The summed E-state index contributed by atoms with van der Waals surface area (Å²) in [4.78, 5) is 8.06. The van der Waals surface area contributed by atoms with E-state index in [-0.39, 0.29) is 5.41 Å². The number of hydrogen-bond donors (Lipinski definition) is 1. The summed E-state index contributed by atoms with van der Waals surface area (Å²) in [6.07, 6.45) is 9.74. The number of anilines is 1. The van der Waals surface area contributed by atoms with Gasteiger partial charge in [0, 0.05) is 24.0 Å². The predicted molar refractivity (Wildman–Crippen MR) is 66.8 cm³/mol. The molecular weight excluding hydrogens is 222 g/mol. The average Bonchev–Trinajstić information content (AvgIpc) is 2.39. The van der Waals surface area contributed by atoms with E-state index in [2.05, 4.69) is 15.3 Å². The SMILES string of the molecule is ClCC1(CNc2ccncn2)CCCCC1. The van der Waals surface area contributed by atoms with Crippen LogP contribution < -0.4 is 5.32 Å². The Morgan fingerprint density at radius 1 is 1.31 bits per heavy atom. The van der Waals surface area contributed by atoms with Crippen LogP contribution >= 0.6 is 11.6 Å². The molecular formula is C12H18ClN3. The number of rotatable bonds is 4. The topological polar surface area (TPSA) is 37.8 Å². The van der Waals surface area contributed by atoms with Crippen LogP contribution in [0.5, 0.6) is 0 Å². The summed E-state index contributed by atoms with van der Waals surface area (Å²) in [5, 5.41) is 3.37. The Balaban J connectivity index is 1.92. The molecule has 0 aliphatic heterocycles. The molecule has 1 fully saturated rings. The number of aromatic nitrogens is 2. The van der Waals surface area contributed by atoms with Crippen molar-refractivity contribution < 1.29 is 0 Å². The third-order valence-electron chi connectivity index (χ3n) is 3.42. The summed E-state index contributed by atoms with van der Waals surface area (Å²) in [6.45, 7) is 0.924. The van der Waals surface area contributed by atoms with E-state index >= 15 is 0 Å². The van der Waals surface area contributed by atoms with Crippen LogP contribution in [0.25, 0.3) is 0 Å². The summed E-state index contributed by atoms with van der Waals surface area (Å²) < 4.78 is 0. The molecule has 1 aliphatic carbocycles. The van der Waals surface area contributed by atoms with Gasteiger partial charge in [-0.3, -0.25) is 0 Å². The Morgan fingerprint density at radius 3 is 2.75 bits per heavy atom. The zero-order valence-corrected chi connectivity index (χ0v) is 10.2. The molecule has 1 heterocycles. The molecule has 4 heteroatoms. The number of alkyl halides is 1. The second kappa shape index (κ2) is 5.48. The van der Waals surface area contributed by atoms with Gasteiger partial charge in [0.05, 0.1) is 0 Å². The highest BCUT2D eigenvalue weighted by molar-refractivity contribution is 6.18. The molecule has 0 amide bonds. The maximum Gasteiger partial charge on any atom is 0.129 e. The second-order valence-corrected chi connectivity index (χ2v) is 4.91. The highest BCUT2D eigenvalue weighted by Gasteiger charge is 2.30. The Hall–Kier alpha value is -0.830. The van der Waals surface area contributed by atoms with Crippen molar-refractivity contribution in [1.82, 2.24) is 9.97 Å². The summed E-state index contributed by atoms with van der Waals surface area (Å²) in [5.41, 5.74) is 0.269. The molecule has 0 bridgehead atoms. The van der Waals surface area contributed by atoms with E-state index in [1.165, 1.54) is 32.1 Å². The van der Waals surface area contributed by atoms with Crippen molar-refractivity contribution in [3.8, 4) is 0 Å². The molecule has 88 valence electrons. The fourth-order valence-electron chi connectivity index (χ4n) is 2.33. The van der Waals surface area contributed by atoms with Crippen LogP contribution in [0.3, 0.4) is 0 Å². The van der Waals surface area contributed by atoms with Gasteiger partial charge in [0.1, 0.15) is 12.1 Å². The molecule has 1 N–H and O–H groups in total. The van der Waals surface area contributed by atoms with E-state index in [0.717, 1.165) is 18.2 Å². The molecule has 1 aromatic rings. The molecule has 0 aromatic carbocycles. The van der Waals surface area contributed by atoms with E-state index in [9.17, 15) is 0 Å². The monoisotopic (exact) mass is 239 g/mol. The van der Waals surface area contributed by atoms with Crippen molar-refractivity contribution >= 4 is 17.4 Å². The number of halogens is 1. The molecule has 2 rings (SSSR count). The minimum atomic E-state index is 0.269. The molecule has 0 unspecified atom stereocenters. The lowest BCUT2D eigenvalue weighted by Gasteiger charge is -2.35. The molecule has 1 aromatic heterocycles. The smallest absolute Gasteiger partial charge is 0.129 e. The largest absolute Gasteiger partial charge is 0.369 e. The van der Waals surface area contributed by atoms with Gasteiger partial charge >= 0.3 is 0 Å². The van der Waals surface area contributed by atoms with Crippen molar-refractivity contribution in [2.24, 2.45) is 5.41 Å². The normalized spacial score (nSPS) is 19.3. The van der Waals surface area contributed by atoms with E-state index < -0.39 is 0 Å². The zero-order chi connectivity index (χ0) is 11.3. The van der Waals surface area contributed by atoms with Crippen LogP contribution in [0, 0.1) is 5.41 Å². The maximum absolute atomic E-state index is 6.13. The van der Waals surface area contributed by atoms with Gasteiger partial charge in [0.15, 0.2) is 0 Å². The van der Waals surface area contributed by atoms with Crippen molar-refractivity contribution in [1.29, 1.82) is 0 Å². The molecule has 0 saturated heterocycles. The van der Waals surface area contributed by atoms with Gasteiger partial charge in [-0.15, -0.1) is 11.6 Å². The van der Waals surface area contributed by atoms with Gasteiger partial charge in [-0.05, 0) is 18.9 Å². The van der Waals surface area contributed by atoms with Crippen LogP contribution in [0.2, 0.25) is 0 Å². The summed E-state index contributed by atoms with van der Waals surface area (Å²) in [5.74, 6) is 1.63. The Kier molecular flexibility index (Phi) is 3.99. The van der Waals surface area contributed by atoms with E-state index in [1.54, 1.807) is 12.5 Å². The quantitative estimate of drug-likeness (QED) is 0.821. The minimum Gasteiger partial charge on any atom is -0.369 e. The molecule has 16 heavy (non-hydrogen) atoms. The molecule has 0 spiro atoms. The van der Waals surface area contributed by atoms with Crippen molar-refractivity contribution in [2.45, 2.75) is 32.1 Å². The van der Waals surface area contributed by atoms with E-state index in [0.29, 0.717) is 0 Å². The fourth-order valence-corrected chi connectivity index (χ4v) is 2.69. The number of nitrogens with zero attached hydrogens (tertiary/aromatic N) is 2. The first-order valence-electron chi connectivity index (χ1n) is 5.91. The van der Waals surface area contributed by atoms with Gasteiger partial charge in [0.2, 0.25) is 0 Å². The standard InChI is InChI=1S/C12H18ClN3/c13-8-12(5-2-1-3-6-12)9-15-11-4-7-14-10-16-11/h4,7,10H,1-3,5-6,8-9H2,(H,14,15,16). The fraction of sp³-hybridized carbons (Fsp3) is 0.667. The van der Waals surface area contributed by atoms with Crippen LogP contribution in [0.4, 0.5) is 5.82 Å². The lowest BCUT2D eigenvalue weighted by atomic mass is 9.75. The van der Waals surface area contributed by atoms with E-state index in [1.807, 2.05) is 6.07 Å². The molecule has 3 nitrogen and oxygen atoms in total. The summed E-state index contributed by atoms with van der Waals surface area (Å²) in [6, 6.07) is 1.89. The molecule has 1 aliphatic rings. The van der Waals surface area contributed by atoms with Crippen molar-refractivity contribution in [2.75, 3.05) is 17.7 Å². The van der Waals surface area contributed by atoms with Crippen LogP contribution in [0.15, 0.2) is 18.6 Å². The summed E-state index contributed by atoms with van der Waals surface area (Å²) >= 11 is 6.13. The van der Waals surface area contributed by atoms with Gasteiger partial charge < -0.3 is 5.32 Å². The van der Waals surface area contributed by atoms with Gasteiger partial charge in [-0.25, -0.2) is 9.97 Å².